The Hall–Kier alpha value is -6.64. The minimum atomic E-state index is -1.76. The van der Waals surface area contributed by atoms with Gasteiger partial charge in [0.05, 0.1) is 37.5 Å². The van der Waals surface area contributed by atoms with E-state index in [1.807, 2.05) is 0 Å². The number of nitrogens with one attached hydrogen (secondary N) is 1. The summed E-state index contributed by atoms with van der Waals surface area (Å²) in [5, 5.41) is 15.1. The second-order valence-corrected chi connectivity index (χ2v) is 24.3. The summed E-state index contributed by atoms with van der Waals surface area (Å²) in [6.45, 7) is 7.14. The van der Waals surface area contributed by atoms with Crippen LogP contribution in [0.5, 0.6) is 17.2 Å². The molecule has 0 bridgehead atoms. The van der Waals surface area contributed by atoms with Crippen LogP contribution in [0.3, 0.4) is 0 Å². The van der Waals surface area contributed by atoms with Gasteiger partial charge in [0.2, 0.25) is 5.91 Å². The van der Waals surface area contributed by atoms with Crippen molar-refractivity contribution in [2.45, 2.75) is 101 Å². The Morgan fingerprint density at radius 2 is 1.08 bits per heavy atom. The van der Waals surface area contributed by atoms with E-state index in [2.05, 4.69) is 25.0 Å². The van der Waals surface area contributed by atoms with Crippen molar-refractivity contribution in [3.63, 3.8) is 0 Å². The molecule has 18 heteroatoms. The Kier molecular flexibility index (Phi) is 19.2. The fourth-order valence-electron chi connectivity index (χ4n) is 8.08. The second kappa shape index (κ2) is 25.8. The average Bonchev–Trinajstić information content (AvgIpc) is 3.40. The first-order valence-electron chi connectivity index (χ1n) is 24.0. The molecule has 0 radical (unpaired) electrons. The van der Waals surface area contributed by atoms with Crippen molar-refractivity contribution in [1.82, 2.24) is 5.32 Å². The Morgan fingerprint density at radius 1 is 0.575 bits per heavy atom. The zero-order valence-corrected chi connectivity index (χ0v) is 42.7. The van der Waals surface area contributed by atoms with E-state index in [4.69, 9.17) is 52.1 Å². The summed E-state index contributed by atoms with van der Waals surface area (Å²) < 4.78 is 68.8. The second-order valence-electron chi connectivity index (χ2n) is 18.6. The third-order valence-corrected chi connectivity index (χ3v) is 13.7. The maximum atomic E-state index is 14.3. The molecule has 2 fully saturated rings. The summed E-state index contributed by atoms with van der Waals surface area (Å²) in [4.78, 5) is 55.4. The quantitative estimate of drug-likeness (QED) is 0.0406. The number of benzene rings is 5. The summed E-state index contributed by atoms with van der Waals surface area (Å²) >= 11 is 0. The molecular formula is C55H63NO16Si. The predicted molar refractivity (Wildman–Crippen MR) is 268 cm³/mol. The van der Waals surface area contributed by atoms with Crippen LogP contribution in [0.2, 0.25) is 25.7 Å². The highest BCUT2D eigenvalue weighted by molar-refractivity contribution is 6.76. The Bertz CT molecular complexity index is 2530. The average molecular weight is 1020 g/mol. The predicted octanol–water partition coefficient (Wildman–Crippen LogP) is 7.03. The minimum Gasteiger partial charge on any atom is -0.497 e. The van der Waals surface area contributed by atoms with Crippen LogP contribution in [-0.2, 0) is 49.3 Å². The minimum absolute atomic E-state index is 0.0473. The number of hydrogen-bond acceptors (Lipinski definition) is 16. The van der Waals surface area contributed by atoms with Crippen LogP contribution < -0.4 is 19.5 Å². The van der Waals surface area contributed by atoms with Gasteiger partial charge in [-0.3, -0.25) is 4.79 Å². The Morgan fingerprint density at radius 3 is 1.62 bits per heavy atom. The molecule has 388 valence electrons. The van der Waals surface area contributed by atoms with Crippen molar-refractivity contribution in [3.8, 4) is 17.2 Å². The number of carbonyl (C=O) groups is 4. The van der Waals surface area contributed by atoms with E-state index in [-0.39, 0.29) is 36.5 Å². The lowest BCUT2D eigenvalue weighted by atomic mass is 9.94. The zero-order chi connectivity index (χ0) is 51.9. The van der Waals surface area contributed by atoms with Crippen molar-refractivity contribution in [2.24, 2.45) is 0 Å². The van der Waals surface area contributed by atoms with Gasteiger partial charge in [0.25, 0.3) is 0 Å². The summed E-state index contributed by atoms with van der Waals surface area (Å²) in [6.07, 6.45) is -12.9. The van der Waals surface area contributed by atoms with Crippen LogP contribution in [0.4, 0.5) is 0 Å². The molecule has 73 heavy (non-hydrogen) atoms. The van der Waals surface area contributed by atoms with E-state index < -0.39 is 99.8 Å². The van der Waals surface area contributed by atoms with Gasteiger partial charge in [-0.25, -0.2) is 14.4 Å². The molecule has 0 spiro atoms. The number of amides is 1. The van der Waals surface area contributed by atoms with Gasteiger partial charge >= 0.3 is 17.9 Å². The molecule has 7 rings (SSSR count). The van der Waals surface area contributed by atoms with Crippen LogP contribution in [-0.4, -0.2) is 132 Å². The molecule has 5 aromatic rings. The number of methoxy groups -OCH3 is 2. The molecule has 5 aromatic carbocycles. The lowest BCUT2D eigenvalue weighted by Gasteiger charge is -2.49. The normalized spacial score (nSPS) is 23.8. The Labute approximate surface area is 425 Å². The first-order chi connectivity index (χ1) is 35.2. The lowest BCUT2D eigenvalue weighted by molar-refractivity contribution is -0.347. The number of aliphatic hydroxyl groups excluding tert-OH is 1. The third-order valence-electron chi connectivity index (χ3n) is 12.0. The number of rotatable bonds is 22. The lowest BCUT2D eigenvalue weighted by Crippen LogP contribution is -2.69. The summed E-state index contributed by atoms with van der Waals surface area (Å²) in [6, 6.07) is 38.0. The molecule has 0 saturated carbocycles. The molecule has 2 aliphatic rings. The van der Waals surface area contributed by atoms with E-state index in [0.717, 1.165) is 0 Å². The molecule has 1 amide bonds. The van der Waals surface area contributed by atoms with Gasteiger partial charge in [-0.2, -0.15) is 0 Å². The molecule has 10 atom stereocenters. The molecule has 0 aromatic heterocycles. The summed E-state index contributed by atoms with van der Waals surface area (Å²) in [5.74, 6) is -1.22. The van der Waals surface area contributed by atoms with Gasteiger partial charge in [-0.05, 0) is 84.4 Å². The summed E-state index contributed by atoms with van der Waals surface area (Å²) in [5.41, 5.74) is 1.29. The SMILES string of the molecule is COc1ccc(CO[C@H]2[C@H](O)[C@@H](COc3ccc(OC)cc3)O[C@@H](O[C@H]3[C@@H](OC(=O)c4ccccc4)[C@@H](COC(=O)c4ccccc4)O[C@@H](OCC[Si](C)(C)C)[C@@H]3OC(=O)c3ccccc3)[C@@H]2NC(C)=O)cc1. The standard InChI is InChI=1S/C55H63NO16Si/c1-35(57)56-45-48(66-32-36-22-24-40(62-2)25-23-36)46(58)43(33-65-42-28-26-41(63-3)27-29-42)68-54(45)72-49-47(70-52(60)38-18-12-8-13-19-38)44(34-67-51(59)37-16-10-7-11-17-37)69-55(64-30-31-73(4,5)6)50(49)71-53(61)39-20-14-9-15-21-39/h7-29,43-50,54-55,58H,30-34H2,1-6H3,(H,56,57)/t43-,44-,45-,46-,47+,48-,49+,50-,54+,55-/m1/s1. The van der Waals surface area contributed by atoms with E-state index in [1.165, 1.54) is 6.92 Å². The molecule has 2 aliphatic heterocycles. The van der Waals surface area contributed by atoms with Crippen LogP contribution >= 0.6 is 0 Å². The topological polar surface area (TPSA) is 202 Å². The zero-order valence-electron chi connectivity index (χ0n) is 41.7. The van der Waals surface area contributed by atoms with E-state index >= 15 is 0 Å². The fourth-order valence-corrected chi connectivity index (χ4v) is 8.81. The first-order valence-corrected chi connectivity index (χ1v) is 27.7. The van der Waals surface area contributed by atoms with Crippen LogP contribution in [0.1, 0.15) is 43.6 Å². The van der Waals surface area contributed by atoms with Gasteiger partial charge in [0.15, 0.2) is 24.8 Å². The van der Waals surface area contributed by atoms with Crippen molar-refractivity contribution in [3.05, 3.63) is 162 Å². The largest absolute Gasteiger partial charge is 0.497 e. The molecule has 0 unspecified atom stereocenters. The molecule has 2 heterocycles. The van der Waals surface area contributed by atoms with Gasteiger partial charge in [0, 0.05) is 21.6 Å². The number of esters is 3. The van der Waals surface area contributed by atoms with Crippen LogP contribution in [0, 0.1) is 0 Å². The van der Waals surface area contributed by atoms with E-state index in [0.29, 0.717) is 28.9 Å². The first kappa shape index (κ1) is 54.1. The van der Waals surface area contributed by atoms with E-state index in [9.17, 15) is 24.3 Å². The maximum Gasteiger partial charge on any atom is 0.338 e. The van der Waals surface area contributed by atoms with Crippen molar-refractivity contribution in [1.29, 1.82) is 0 Å². The monoisotopic (exact) mass is 1020 g/mol. The highest BCUT2D eigenvalue weighted by Gasteiger charge is 2.56. The number of hydrogen-bond donors (Lipinski definition) is 2. The molecule has 2 N–H and O–H groups in total. The highest BCUT2D eigenvalue weighted by Crippen LogP contribution is 2.36. The number of carbonyl (C=O) groups excluding carboxylic acids is 4. The highest BCUT2D eigenvalue weighted by atomic mass is 28.3. The Balaban J connectivity index is 1.33. The fraction of sp³-hybridized carbons (Fsp3) is 0.382. The van der Waals surface area contributed by atoms with Crippen molar-refractivity contribution >= 4 is 31.9 Å². The van der Waals surface area contributed by atoms with Crippen molar-refractivity contribution < 1.29 is 76.4 Å². The maximum absolute atomic E-state index is 14.3. The summed E-state index contributed by atoms with van der Waals surface area (Å²) in [7, 11) is 1.33. The van der Waals surface area contributed by atoms with Gasteiger partial charge in [-0.15, -0.1) is 0 Å². The smallest absolute Gasteiger partial charge is 0.338 e. The number of aliphatic hydroxyl groups is 1. The van der Waals surface area contributed by atoms with Crippen LogP contribution in [0.15, 0.2) is 140 Å². The molecular weight excluding hydrogens is 959 g/mol. The van der Waals surface area contributed by atoms with Gasteiger partial charge < -0.3 is 62.5 Å². The molecule has 0 aliphatic carbocycles. The molecule has 17 nitrogen and oxygen atoms in total. The van der Waals surface area contributed by atoms with Crippen LogP contribution in [0.25, 0.3) is 0 Å². The van der Waals surface area contributed by atoms with Crippen molar-refractivity contribution in [2.75, 3.05) is 34.0 Å². The van der Waals surface area contributed by atoms with Gasteiger partial charge in [0.1, 0.15) is 67.0 Å². The molecule has 2 saturated heterocycles. The third kappa shape index (κ3) is 15.2. The number of ether oxygens (including phenoxy) is 11. The van der Waals surface area contributed by atoms with Gasteiger partial charge in [-0.1, -0.05) is 86.4 Å². The van der Waals surface area contributed by atoms with E-state index in [1.54, 1.807) is 154 Å².